The number of rotatable bonds is 7. The van der Waals surface area contributed by atoms with E-state index < -0.39 is 33.4 Å². The Morgan fingerprint density at radius 1 is 1.16 bits per heavy atom. The summed E-state index contributed by atoms with van der Waals surface area (Å²) in [4.78, 5) is 42.9. The van der Waals surface area contributed by atoms with Gasteiger partial charge in [-0.25, -0.2) is 13.8 Å². The Kier molecular flexibility index (Phi) is 12.7. The highest BCUT2D eigenvalue weighted by atomic mass is 35.5. The number of aryl methyl sites for hydroxylation is 1. The molecule has 0 aromatic heterocycles. The summed E-state index contributed by atoms with van der Waals surface area (Å²) in [7, 11) is 1.38. The smallest absolute Gasteiger partial charge is 0.409 e. The summed E-state index contributed by atoms with van der Waals surface area (Å²) < 4.78 is 39.4. The average Bonchev–Trinajstić information content (AvgIpc) is 3.24. The number of allylic oxidation sites excluding steroid dienone is 1. The van der Waals surface area contributed by atoms with Crippen LogP contribution in [0.4, 0.5) is 15.3 Å². The minimum absolute atomic E-state index is 0.0341. The third-order valence-corrected chi connectivity index (χ3v) is 13.6. The molecule has 0 radical (unpaired) electrons. The topological polar surface area (TPSA) is 139 Å². The maximum Gasteiger partial charge on any atom is 0.409 e. The summed E-state index contributed by atoms with van der Waals surface area (Å²) in [5.41, 5.74) is 3.02. The van der Waals surface area contributed by atoms with Crippen molar-refractivity contribution in [3.63, 3.8) is 0 Å². The first-order valence-corrected chi connectivity index (χ1v) is 21.5. The predicted octanol–water partition coefficient (Wildman–Crippen LogP) is 7.14. The lowest BCUT2D eigenvalue weighted by atomic mass is 9.69. The Morgan fingerprint density at radius 2 is 1.95 bits per heavy atom. The number of urea groups is 1. The summed E-state index contributed by atoms with van der Waals surface area (Å²) in [6, 6.07) is 10.4. The van der Waals surface area contributed by atoms with Gasteiger partial charge in [-0.05, 0) is 84.9 Å². The van der Waals surface area contributed by atoms with Crippen molar-refractivity contribution in [2.45, 2.75) is 89.4 Å². The lowest BCUT2D eigenvalue weighted by molar-refractivity contribution is 0.0132. The minimum Gasteiger partial charge on any atom is -0.490 e. The molecule has 2 aromatic rings. The van der Waals surface area contributed by atoms with Crippen LogP contribution in [-0.2, 0) is 31.2 Å². The van der Waals surface area contributed by atoms with E-state index in [0.717, 1.165) is 37.9 Å². The molecule has 4 aliphatic rings. The molecule has 0 unspecified atom stereocenters. The molecule has 55 heavy (non-hydrogen) atoms. The number of ether oxygens (including phenoxy) is 3. The normalized spacial score (nSPS) is 31.2. The van der Waals surface area contributed by atoms with Crippen LogP contribution < -0.4 is 19.7 Å². The largest absolute Gasteiger partial charge is 0.490 e. The van der Waals surface area contributed by atoms with Gasteiger partial charge in [-0.15, -0.1) is 4.36 Å². The van der Waals surface area contributed by atoms with Gasteiger partial charge in [0.05, 0.1) is 24.2 Å². The molecule has 2 heterocycles. The molecular formula is C41H56ClN5O7S. The van der Waals surface area contributed by atoms with Crippen LogP contribution in [0.25, 0.3) is 0 Å². The third kappa shape index (κ3) is 9.60. The molecule has 0 saturated heterocycles. The highest BCUT2D eigenvalue weighted by Crippen LogP contribution is 2.44. The number of amides is 4. The van der Waals surface area contributed by atoms with Crippen molar-refractivity contribution in [1.29, 1.82) is 0 Å². The number of carbonyl (C=O) groups excluding carboxylic acids is 3. The second kappa shape index (κ2) is 17.1. The number of benzene rings is 2. The van der Waals surface area contributed by atoms with Gasteiger partial charge in [-0.3, -0.25) is 9.52 Å². The van der Waals surface area contributed by atoms with Gasteiger partial charge in [0.2, 0.25) is 0 Å². The molecular weight excluding hydrogens is 742 g/mol. The number of nitrogens with zero attached hydrogens (tertiary/aromatic N) is 3. The van der Waals surface area contributed by atoms with Gasteiger partial charge in [0.1, 0.15) is 21.8 Å². The van der Waals surface area contributed by atoms with E-state index in [1.165, 1.54) is 16.0 Å². The number of hydrogen-bond donors (Lipinski definition) is 2. The van der Waals surface area contributed by atoms with E-state index in [9.17, 15) is 18.6 Å². The highest BCUT2D eigenvalue weighted by molar-refractivity contribution is 7.92. The Bertz CT molecular complexity index is 1910. The molecule has 2 bridgehead atoms. The zero-order chi connectivity index (χ0) is 39.5. The van der Waals surface area contributed by atoms with Crippen LogP contribution in [0.3, 0.4) is 0 Å². The average molecular weight is 798 g/mol. The standard InChI is InChI=1S/C41H56ClN5O7S/c1-7-9-27-18-30(42)14-16-34(27)41(3)24-47-22-29-12-15-33(29)36(52-6)11-8-10-26(2)23-55(51,44-38(48)28-13-17-37(53-25-41)35(47)19-28)45-39(49)43-31-20-32(21-31)54-40(50)46(4)5/h8,11,13-14,16-19,26,29,31-33,36H,7,9-10,12,15,20-25H2,1-6H3,(H2,43,44,45,48,49,51)/b11-8+/t26-,29-,31-,32-,33+,36-,41-,55-/m0/s1. The molecule has 14 heteroatoms. The Morgan fingerprint density at radius 3 is 2.64 bits per heavy atom. The fourth-order valence-corrected chi connectivity index (χ4v) is 10.3. The van der Waals surface area contributed by atoms with Gasteiger partial charge in [-0.2, -0.15) is 0 Å². The van der Waals surface area contributed by atoms with Crippen LogP contribution in [0.5, 0.6) is 5.75 Å². The summed E-state index contributed by atoms with van der Waals surface area (Å²) in [5.74, 6) is 0.425. The van der Waals surface area contributed by atoms with Crippen molar-refractivity contribution in [2.24, 2.45) is 22.1 Å². The zero-order valence-corrected chi connectivity index (χ0v) is 34.4. The SMILES string of the molecule is CCCc1cc(Cl)ccc1[C@]1(C)COc2ccc3cc2N(C[C@@H]2CC[C@H]2[C@@H](OC)/C=C/C[C@H](C)C[S@@](=O)(NC(=O)N[C@H]2C[C@H](OC(=O)N(C)C)C2)=NC3=O)C1. The molecule has 6 atom stereocenters. The van der Waals surface area contributed by atoms with Crippen LogP contribution in [0.2, 0.25) is 5.02 Å². The van der Waals surface area contributed by atoms with E-state index in [2.05, 4.69) is 57.4 Å². The quantitative estimate of drug-likeness (QED) is 0.282. The van der Waals surface area contributed by atoms with Crippen molar-refractivity contribution >= 4 is 45.2 Å². The maximum atomic E-state index is 14.5. The fraction of sp³-hybridized carbons (Fsp3) is 0.585. The number of methoxy groups -OCH3 is 1. The van der Waals surface area contributed by atoms with Gasteiger partial charge >= 0.3 is 12.1 Å². The predicted molar refractivity (Wildman–Crippen MR) is 215 cm³/mol. The van der Waals surface area contributed by atoms with E-state index in [-0.39, 0.29) is 35.5 Å². The molecule has 6 rings (SSSR count). The van der Waals surface area contributed by atoms with Crippen molar-refractivity contribution in [3.8, 4) is 5.75 Å². The lowest BCUT2D eigenvalue weighted by Crippen LogP contribution is -2.53. The molecule has 4 amide bonds. The van der Waals surface area contributed by atoms with Gasteiger partial charge in [0.25, 0.3) is 5.91 Å². The number of halogens is 1. The number of anilines is 1. The number of nitrogens with one attached hydrogen (secondary N) is 2. The second-order valence-corrected chi connectivity index (χ2v) is 18.7. The summed E-state index contributed by atoms with van der Waals surface area (Å²) in [6.07, 6.45) is 8.69. The summed E-state index contributed by atoms with van der Waals surface area (Å²) in [6.45, 7) is 8.12. The second-order valence-electron chi connectivity index (χ2n) is 16.3. The van der Waals surface area contributed by atoms with Gasteiger partial charge in [0, 0.05) is 69.2 Å². The number of fused-ring (bicyclic) bond motifs is 2. The molecule has 2 saturated carbocycles. The van der Waals surface area contributed by atoms with Crippen molar-refractivity contribution in [2.75, 3.05) is 51.6 Å². The maximum absolute atomic E-state index is 14.5. The number of carbonyl (C=O) groups is 3. The first-order chi connectivity index (χ1) is 26.2. The summed E-state index contributed by atoms with van der Waals surface area (Å²) >= 11 is 6.49. The van der Waals surface area contributed by atoms with Crippen LogP contribution in [0.1, 0.15) is 80.8 Å². The Balaban J connectivity index is 1.32. The van der Waals surface area contributed by atoms with Crippen molar-refractivity contribution in [1.82, 2.24) is 14.9 Å². The molecule has 2 aliphatic carbocycles. The van der Waals surface area contributed by atoms with Crippen LogP contribution in [0.15, 0.2) is 52.9 Å². The van der Waals surface area contributed by atoms with Gasteiger partial charge < -0.3 is 29.3 Å². The van der Waals surface area contributed by atoms with Crippen LogP contribution >= 0.6 is 11.6 Å². The first-order valence-electron chi connectivity index (χ1n) is 19.4. The van der Waals surface area contributed by atoms with Crippen LogP contribution in [0, 0.1) is 17.8 Å². The third-order valence-electron chi connectivity index (χ3n) is 11.4. The van der Waals surface area contributed by atoms with E-state index >= 15 is 0 Å². The lowest BCUT2D eigenvalue weighted by Gasteiger charge is -2.44. The Labute approximate surface area is 331 Å². The first kappa shape index (κ1) is 40.8. The molecule has 300 valence electrons. The monoisotopic (exact) mass is 797 g/mol. The zero-order valence-electron chi connectivity index (χ0n) is 32.8. The summed E-state index contributed by atoms with van der Waals surface area (Å²) in [5, 5.41) is 3.52. The number of hydrogen-bond acceptors (Lipinski definition) is 8. The molecule has 2 aliphatic heterocycles. The minimum atomic E-state index is -3.57. The molecule has 2 fully saturated rings. The molecule has 2 aromatic carbocycles. The van der Waals surface area contributed by atoms with E-state index in [0.29, 0.717) is 55.0 Å². The van der Waals surface area contributed by atoms with E-state index in [4.69, 9.17) is 25.8 Å². The van der Waals surface area contributed by atoms with Crippen molar-refractivity contribution in [3.05, 3.63) is 70.3 Å². The van der Waals surface area contributed by atoms with Crippen LogP contribution in [-0.4, -0.2) is 92.0 Å². The molecule has 2 N–H and O–H groups in total. The fourth-order valence-electron chi connectivity index (χ4n) is 8.27. The van der Waals surface area contributed by atoms with Gasteiger partial charge in [0.15, 0.2) is 0 Å². The molecule has 12 nitrogen and oxygen atoms in total. The molecule has 0 spiro atoms. The van der Waals surface area contributed by atoms with E-state index in [1.807, 2.05) is 13.0 Å². The van der Waals surface area contributed by atoms with Gasteiger partial charge in [-0.1, -0.05) is 57.0 Å². The van der Waals surface area contributed by atoms with Crippen molar-refractivity contribution < 1.29 is 32.8 Å². The highest BCUT2D eigenvalue weighted by Gasteiger charge is 2.42. The van der Waals surface area contributed by atoms with E-state index in [1.54, 1.807) is 39.4 Å². The Hall–Kier alpha value is -3.81.